The average Bonchev–Trinajstić information content (AvgIpc) is 3.32. The van der Waals surface area contributed by atoms with Gasteiger partial charge in [-0.3, -0.25) is 4.90 Å². The first-order valence-corrected chi connectivity index (χ1v) is 10.6. The quantitative estimate of drug-likeness (QED) is 0.284. The summed E-state index contributed by atoms with van der Waals surface area (Å²) in [6.45, 7) is 16.9. The highest BCUT2D eigenvalue weighted by Crippen LogP contribution is 2.36. The van der Waals surface area contributed by atoms with E-state index in [1.165, 1.54) is 17.0 Å². The Kier molecular flexibility index (Phi) is 5.61. The zero-order valence-corrected chi connectivity index (χ0v) is 19.8. The van der Waals surface area contributed by atoms with Crippen molar-refractivity contribution in [1.82, 2.24) is 19.1 Å². The van der Waals surface area contributed by atoms with Crippen molar-refractivity contribution in [1.29, 1.82) is 0 Å². The molecule has 0 saturated heterocycles. The van der Waals surface area contributed by atoms with E-state index >= 15 is 0 Å². The first-order valence-electron chi connectivity index (χ1n) is 10.6. The number of nitrogens with zero attached hydrogens (tertiary/aromatic N) is 6. The summed E-state index contributed by atoms with van der Waals surface area (Å²) in [5.74, 6) is -0.156. The molecular weight excluding hydrogens is 435 g/mol. The van der Waals surface area contributed by atoms with E-state index in [0.717, 1.165) is 10.9 Å². The minimum atomic E-state index is -0.674. The molecule has 0 unspecified atom stereocenters. The van der Waals surface area contributed by atoms with Crippen molar-refractivity contribution in [2.24, 2.45) is 7.05 Å². The van der Waals surface area contributed by atoms with Crippen LogP contribution in [0.3, 0.4) is 0 Å². The molecule has 0 N–H and O–H groups in total. The number of ether oxygens (including phenoxy) is 1. The first kappa shape index (κ1) is 23.0. The van der Waals surface area contributed by atoms with Crippen molar-refractivity contribution in [2.45, 2.75) is 32.9 Å². The summed E-state index contributed by atoms with van der Waals surface area (Å²) in [4.78, 5) is 26.8. The van der Waals surface area contributed by atoms with Crippen LogP contribution in [-0.4, -0.2) is 37.8 Å². The van der Waals surface area contributed by atoms with Gasteiger partial charge >= 0.3 is 6.09 Å². The molecule has 0 bridgehead atoms. The van der Waals surface area contributed by atoms with E-state index in [4.69, 9.17) is 16.3 Å². The van der Waals surface area contributed by atoms with Crippen LogP contribution < -0.4 is 4.90 Å². The highest BCUT2D eigenvalue weighted by Gasteiger charge is 2.26. The van der Waals surface area contributed by atoms with Gasteiger partial charge < -0.3 is 13.9 Å². The van der Waals surface area contributed by atoms with Gasteiger partial charge in [0.2, 0.25) is 0 Å². The number of carbonyl (C=O) groups excluding carboxylic acids is 1. The zero-order chi connectivity index (χ0) is 24.8. The maximum atomic E-state index is 14.3. The van der Waals surface area contributed by atoms with Crippen molar-refractivity contribution < 1.29 is 13.9 Å². The van der Waals surface area contributed by atoms with Gasteiger partial charge in [-0.25, -0.2) is 24.0 Å². The maximum absolute atomic E-state index is 14.3. The SMILES string of the molecule is [C-]#[N+]c1cc(F)cc(-c2cc3c4c(ncn4C)c(N(C)C(=O)OC(C)(C)C)nc3n2CC=C)c1. The number of pyridine rings is 1. The van der Waals surface area contributed by atoms with Crippen LogP contribution in [0.2, 0.25) is 0 Å². The van der Waals surface area contributed by atoms with Crippen LogP contribution >= 0.6 is 0 Å². The predicted molar refractivity (Wildman–Crippen MR) is 130 cm³/mol. The number of rotatable bonds is 4. The lowest BCUT2D eigenvalue weighted by molar-refractivity contribution is 0.0588. The highest BCUT2D eigenvalue weighted by atomic mass is 19.1. The molecule has 4 aromatic rings. The fourth-order valence-corrected chi connectivity index (χ4v) is 3.89. The monoisotopic (exact) mass is 460 g/mol. The molecule has 174 valence electrons. The van der Waals surface area contributed by atoms with E-state index in [2.05, 4.69) is 16.4 Å². The molecule has 0 aliphatic heterocycles. The Balaban J connectivity index is 2.02. The van der Waals surface area contributed by atoms with Gasteiger partial charge in [-0.1, -0.05) is 6.08 Å². The van der Waals surface area contributed by atoms with E-state index in [9.17, 15) is 9.18 Å². The van der Waals surface area contributed by atoms with Crippen molar-refractivity contribution in [2.75, 3.05) is 11.9 Å². The van der Waals surface area contributed by atoms with Crippen molar-refractivity contribution >= 4 is 39.7 Å². The van der Waals surface area contributed by atoms with E-state index in [1.54, 1.807) is 46.3 Å². The summed E-state index contributed by atoms with van der Waals surface area (Å²) in [6, 6.07) is 6.12. The summed E-state index contributed by atoms with van der Waals surface area (Å²) in [5, 5.41) is 0.779. The summed E-state index contributed by atoms with van der Waals surface area (Å²) in [7, 11) is 3.45. The lowest BCUT2D eigenvalue weighted by Crippen LogP contribution is -2.34. The van der Waals surface area contributed by atoms with Crippen LogP contribution in [0.5, 0.6) is 0 Å². The minimum absolute atomic E-state index is 0.203. The summed E-state index contributed by atoms with van der Waals surface area (Å²) in [6.07, 6.45) is 2.81. The van der Waals surface area contributed by atoms with E-state index in [-0.39, 0.29) is 5.69 Å². The molecule has 1 aromatic carbocycles. The van der Waals surface area contributed by atoms with Crippen molar-refractivity contribution in [3.63, 3.8) is 0 Å². The van der Waals surface area contributed by atoms with Gasteiger partial charge in [-0.05, 0) is 50.6 Å². The van der Waals surface area contributed by atoms with Crippen LogP contribution in [0.1, 0.15) is 20.8 Å². The second-order valence-electron chi connectivity index (χ2n) is 9.00. The van der Waals surface area contributed by atoms with Crippen molar-refractivity contribution in [3.8, 4) is 11.3 Å². The molecular formula is C25H25FN6O2. The average molecular weight is 461 g/mol. The second kappa shape index (κ2) is 8.30. The van der Waals surface area contributed by atoms with Gasteiger partial charge in [0.05, 0.1) is 18.4 Å². The number of anilines is 1. The summed E-state index contributed by atoms with van der Waals surface area (Å²) < 4.78 is 23.5. The number of aromatic nitrogens is 4. The fourth-order valence-electron chi connectivity index (χ4n) is 3.89. The largest absolute Gasteiger partial charge is 0.443 e. The predicted octanol–water partition coefficient (Wildman–Crippen LogP) is 5.84. The molecule has 4 rings (SSSR count). The number of imidazole rings is 1. The molecule has 8 nitrogen and oxygen atoms in total. The number of hydrogen-bond donors (Lipinski definition) is 0. The van der Waals surface area contributed by atoms with Crippen LogP contribution in [0, 0.1) is 12.4 Å². The number of halogens is 1. The molecule has 0 aliphatic rings. The van der Waals surface area contributed by atoms with E-state index in [0.29, 0.717) is 34.8 Å². The third-order valence-electron chi connectivity index (χ3n) is 5.29. The molecule has 0 atom stereocenters. The Morgan fingerprint density at radius 3 is 2.71 bits per heavy atom. The number of carbonyl (C=O) groups is 1. The van der Waals surface area contributed by atoms with E-state index < -0.39 is 17.5 Å². The van der Waals surface area contributed by atoms with Gasteiger partial charge in [-0.15, -0.1) is 6.58 Å². The van der Waals surface area contributed by atoms with Crippen LogP contribution in [0.15, 0.2) is 43.2 Å². The molecule has 0 radical (unpaired) electrons. The minimum Gasteiger partial charge on any atom is -0.443 e. The van der Waals surface area contributed by atoms with Gasteiger partial charge in [0.1, 0.15) is 22.6 Å². The molecule has 1 amide bonds. The molecule has 3 heterocycles. The number of hydrogen-bond acceptors (Lipinski definition) is 4. The zero-order valence-electron chi connectivity index (χ0n) is 19.8. The Morgan fingerprint density at radius 1 is 1.32 bits per heavy atom. The molecule has 0 spiro atoms. The molecule has 34 heavy (non-hydrogen) atoms. The molecule has 0 fully saturated rings. The lowest BCUT2D eigenvalue weighted by Gasteiger charge is -2.24. The fraction of sp³-hybridized carbons (Fsp3) is 0.280. The van der Waals surface area contributed by atoms with Gasteiger partial charge in [0, 0.05) is 31.7 Å². The van der Waals surface area contributed by atoms with Crippen LogP contribution in [-0.2, 0) is 18.3 Å². The van der Waals surface area contributed by atoms with Crippen LogP contribution in [0.4, 0.5) is 20.7 Å². The topological polar surface area (TPSA) is 69.5 Å². The van der Waals surface area contributed by atoms with E-state index in [1.807, 2.05) is 22.2 Å². The summed E-state index contributed by atoms with van der Waals surface area (Å²) in [5.41, 5.74) is 2.62. The van der Waals surface area contributed by atoms with Gasteiger partial charge in [0.25, 0.3) is 0 Å². The maximum Gasteiger partial charge on any atom is 0.415 e. The Labute approximate surface area is 196 Å². The second-order valence-corrected chi connectivity index (χ2v) is 9.00. The molecule has 3 aromatic heterocycles. The Bertz CT molecular complexity index is 1490. The molecule has 0 saturated carbocycles. The number of allylic oxidation sites excluding steroid dienone is 1. The number of benzene rings is 1. The number of fused-ring (bicyclic) bond motifs is 3. The Morgan fingerprint density at radius 2 is 2.06 bits per heavy atom. The van der Waals surface area contributed by atoms with Gasteiger partial charge in [0.15, 0.2) is 11.5 Å². The molecule has 9 heteroatoms. The third kappa shape index (κ3) is 3.99. The van der Waals surface area contributed by atoms with Crippen LogP contribution in [0.25, 0.3) is 38.2 Å². The van der Waals surface area contributed by atoms with Gasteiger partial charge in [-0.2, -0.15) is 0 Å². The number of aryl methyl sites for hydroxylation is 1. The normalized spacial score (nSPS) is 11.6. The number of amides is 1. The first-order chi connectivity index (χ1) is 16.0. The highest BCUT2D eigenvalue weighted by molar-refractivity contribution is 6.10. The Hall–Kier alpha value is -4.19. The molecule has 0 aliphatic carbocycles. The lowest BCUT2D eigenvalue weighted by atomic mass is 10.1. The standard InChI is InChI=1S/C25H25FN6O2/c1-8-9-32-19(15-10-16(26)12-17(11-15)27-5)13-18-21-20(28-14-30(21)6)23(29-22(18)32)31(7)24(33)34-25(2,3)4/h8,10-14H,1,9H2,2-4,6-7H3. The smallest absolute Gasteiger partial charge is 0.415 e. The summed E-state index contributed by atoms with van der Waals surface area (Å²) >= 11 is 0. The third-order valence-corrected chi connectivity index (χ3v) is 5.29. The van der Waals surface area contributed by atoms with Crippen molar-refractivity contribution in [3.05, 3.63) is 60.5 Å².